The molecule has 0 saturated heterocycles. The number of benzene rings is 1. The van der Waals surface area contributed by atoms with Gasteiger partial charge < -0.3 is 5.32 Å². The Balaban J connectivity index is 3.09. The van der Waals surface area contributed by atoms with Crippen LogP contribution in [-0.2, 0) is 10.0 Å². The van der Waals surface area contributed by atoms with Crippen LogP contribution in [0.3, 0.4) is 0 Å². The molecule has 0 aliphatic heterocycles. The molecule has 0 bridgehead atoms. The number of rotatable bonds is 7. The number of hydrogen-bond donors (Lipinski definition) is 2. The SMILES string of the molecule is CCNS(=O)(=O)c1ccccc1NC(CC)C(C)C. The third-order valence-corrected chi connectivity index (χ3v) is 4.70. The summed E-state index contributed by atoms with van der Waals surface area (Å²) >= 11 is 0. The summed E-state index contributed by atoms with van der Waals surface area (Å²) in [5.41, 5.74) is 0.670. The molecule has 0 fully saturated rings. The summed E-state index contributed by atoms with van der Waals surface area (Å²) in [7, 11) is -3.43. The van der Waals surface area contributed by atoms with Gasteiger partial charge in [0.25, 0.3) is 0 Å². The minimum Gasteiger partial charge on any atom is -0.381 e. The third-order valence-electron chi connectivity index (χ3n) is 3.10. The van der Waals surface area contributed by atoms with Crippen molar-refractivity contribution in [1.82, 2.24) is 4.72 Å². The van der Waals surface area contributed by atoms with Crippen LogP contribution in [-0.4, -0.2) is 21.0 Å². The summed E-state index contributed by atoms with van der Waals surface area (Å²) in [6.45, 7) is 8.51. The normalized spacial score (nSPS) is 13.5. The summed E-state index contributed by atoms with van der Waals surface area (Å²) in [4.78, 5) is 0.316. The van der Waals surface area contributed by atoms with Gasteiger partial charge in [-0.05, 0) is 24.5 Å². The fourth-order valence-electron chi connectivity index (χ4n) is 2.03. The maximum Gasteiger partial charge on any atom is 0.242 e. The van der Waals surface area contributed by atoms with E-state index in [9.17, 15) is 8.42 Å². The molecule has 19 heavy (non-hydrogen) atoms. The molecule has 0 saturated carbocycles. The van der Waals surface area contributed by atoms with Crippen molar-refractivity contribution in [1.29, 1.82) is 0 Å². The van der Waals surface area contributed by atoms with Gasteiger partial charge in [0.05, 0.1) is 5.69 Å². The molecule has 1 aromatic carbocycles. The van der Waals surface area contributed by atoms with Gasteiger partial charge in [0.2, 0.25) is 10.0 Å². The van der Waals surface area contributed by atoms with Crippen molar-refractivity contribution in [2.24, 2.45) is 5.92 Å². The molecule has 108 valence electrons. The molecule has 0 aromatic heterocycles. The first kappa shape index (κ1) is 16.0. The van der Waals surface area contributed by atoms with Crippen molar-refractivity contribution in [2.45, 2.75) is 45.1 Å². The average Bonchev–Trinajstić information content (AvgIpc) is 2.35. The van der Waals surface area contributed by atoms with Gasteiger partial charge in [-0.15, -0.1) is 0 Å². The quantitative estimate of drug-likeness (QED) is 0.809. The van der Waals surface area contributed by atoms with Gasteiger partial charge in [0.1, 0.15) is 4.90 Å². The number of sulfonamides is 1. The number of anilines is 1. The second kappa shape index (κ2) is 6.91. The Morgan fingerprint density at radius 1 is 1.16 bits per heavy atom. The highest BCUT2D eigenvalue weighted by Gasteiger charge is 2.19. The Labute approximate surface area is 116 Å². The largest absolute Gasteiger partial charge is 0.381 e. The van der Waals surface area contributed by atoms with E-state index in [4.69, 9.17) is 0 Å². The first-order valence-corrected chi connectivity index (χ1v) is 8.25. The first-order chi connectivity index (χ1) is 8.92. The summed E-state index contributed by atoms with van der Waals surface area (Å²) in [6.07, 6.45) is 0.952. The molecule has 0 spiro atoms. The van der Waals surface area contributed by atoms with Gasteiger partial charge in [0.15, 0.2) is 0 Å². The fraction of sp³-hybridized carbons (Fsp3) is 0.571. The average molecular weight is 284 g/mol. The molecular formula is C14H24N2O2S. The van der Waals surface area contributed by atoms with Gasteiger partial charge in [-0.2, -0.15) is 0 Å². The first-order valence-electron chi connectivity index (χ1n) is 6.77. The molecule has 0 heterocycles. The Morgan fingerprint density at radius 3 is 2.32 bits per heavy atom. The van der Waals surface area contributed by atoms with E-state index in [1.54, 1.807) is 19.1 Å². The van der Waals surface area contributed by atoms with Gasteiger partial charge in [-0.3, -0.25) is 0 Å². The van der Waals surface area contributed by atoms with Crippen LogP contribution in [0, 0.1) is 5.92 Å². The molecule has 5 heteroatoms. The van der Waals surface area contributed by atoms with Crippen LogP contribution in [0.2, 0.25) is 0 Å². The molecule has 1 unspecified atom stereocenters. The van der Waals surface area contributed by atoms with Gasteiger partial charge in [-0.1, -0.05) is 39.8 Å². The zero-order valence-corrected chi connectivity index (χ0v) is 12.9. The van der Waals surface area contributed by atoms with E-state index < -0.39 is 10.0 Å². The van der Waals surface area contributed by atoms with E-state index in [-0.39, 0.29) is 6.04 Å². The lowest BCUT2D eigenvalue weighted by molar-refractivity contribution is 0.510. The Morgan fingerprint density at radius 2 is 1.79 bits per heavy atom. The fourth-order valence-corrected chi connectivity index (χ4v) is 3.24. The van der Waals surface area contributed by atoms with Crippen molar-refractivity contribution in [3.05, 3.63) is 24.3 Å². The molecule has 2 N–H and O–H groups in total. The van der Waals surface area contributed by atoms with Gasteiger partial charge >= 0.3 is 0 Å². The maximum absolute atomic E-state index is 12.1. The molecule has 4 nitrogen and oxygen atoms in total. The van der Waals surface area contributed by atoms with Crippen LogP contribution in [0.4, 0.5) is 5.69 Å². The highest BCUT2D eigenvalue weighted by Crippen LogP contribution is 2.23. The molecule has 0 aliphatic carbocycles. The lowest BCUT2D eigenvalue weighted by Crippen LogP contribution is -2.28. The number of nitrogens with one attached hydrogen (secondary N) is 2. The predicted molar refractivity (Wildman–Crippen MR) is 79.8 cm³/mol. The lowest BCUT2D eigenvalue weighted by Gasteiger charge is -2.23. The second-order valence-electron chi connectivity index (χ2n) is 4.90. The number of para-hydroxylation sites is 1. The van der Waals surface area contributed by atoms with E-state index in [0.717, 1.165) is 6.42 Å². The van der Waals surface area contributed by atoms with Crippen LogP contribution in [0.25, 0.3) is 0 Å². The minimum absolute atomic E-state index is 0.262. The monoisotopic (exact) mass is 284 g/mol. The van der Waals surface area contributed by atoms with Crippen molar-refractivity contribution in [3.63, 3.8) is 0 Å². The second-order valence-corrected chi connectivity index (χ2v) is 6.64. The molecule has 1 aromatic rings. The highest BCUT2D eigenvalue weighted by molar-refractivity contribution is 7.89. The molecular weight excluding hydrogens is 260 g/mol. The van der Waals surface area contributed by atoms with E-state index in [0.29, 0.717) is 23.0 Å². The zero-order valence-electron chi connectivity index (χ0n) is 12.1. The summed E-state index contributed by atoms with van der Waals surface area (Å²) < 4.78 is 26.8. The predicted octanol–water partition coefficient (Wildman–Crippen LogP) is 2.83. The van der Waals surface area contributed by atoms with Crippen LogP contribution in [0.15, 0.2) is 29.2 Å². The highest BCUT2D eigenvalue weighted by atomic mass is 32.2. The van der Waals surface area contributed by atoms with E-state index in [1.165, 1.54) is 0 Å². The summed E-state index contributed by atoms with van der Waals surface area (Å²) in [5.74, 6) is 0.444. The molecule has 0 radical (unpaired) electrons. The Kier molecular flexibility index (Phi) is 5.82. The standard InChI is InChI=1S/C14H24N2O2S/c1-5-12(11(3)4)16-13-9-7-8-10-14(13)19(17,18)15-6-2/h7-12,15-16H,5-6H2,1-4H3. The third kappa shape index (κ3) is 4.21. The Bertz CT molecular complexity index is 498. The van der Waals surface area contributed by atoms with Crippen LogP contribution in [0.1, 0.15) is 34.1 Å². The van der Waals surface area contributed by atoms with E-state index >= 15 is 0 Å². The van der Waals surface area contributed by atoms with Crippen LogP contribution in [0.5, 0.6) is 0 Å². The topological polar surface area (TPSA) is 58.2 Å². The molecule has 0 amide bonds. The number of hydrogen-bond acceptors (Lipinski definition) is 3. The van der Waals surface area contributed by atoms with Crippen molar-refractivity contribution >= 4 is 15.7 Å². The smallest absolute Gasteiger partial charge is 0.242 e. The minimum atomic E-state index is -3.43. The summed E-state index contributed by atoms with van der Waals surface area (Å²) in [6, 6.07) is 7.30. The van der Waals surface area contributed by atoms with Gasteiger partial charge in [-0.25, -0.2) is 13.1 Å². The van der Waals surface area contributed by atoms with Crippen molar-refractivity contribution < 1.29 is 8.42 Å². The summed E-state index contributed by atoms with van der Waals surface area (Å²) in [5, 5.41) is 3.34. The van der Waals surface area contributed by atoms with E-state index in [2.05, 4.69) is 30.8 Å². The van der Waals surface area contributed by atoms with Crippen LogP contribution < -0.4 is 10.0 Å². The maximum atomic E-state index is 12.1. The van der Waals surface area contributed by atoms with E-state index in [1.807, 2.05) is 12.1 Å². The molecule has 1 rings (SSSR count). The van der Waals surface area contributed by atoms with Crippen molar-refractivity contribution in [3.8, 4) is 0 Å². The lowest BCUT2D eigenvalue weighted by atomic mass is 10.0. The molecule has 1 atom stereocenters. The van der Waals surface area contributed by atoms with Gasteiger partial charge in [0, 0.05) is 12.6 Å². The van der Waals surface area contributed by atoms with Crippen molar-refractivity contribution in [2.75, 3.05) is 11.9 Å². The molecule has 0 aliphatic rings. The zero-order chi connectivity index (χ0) is 14.5. The van der Waals surface area contributed by atoms with Crippen LogP contribution >= 0.6 is 0 Å². The Hall–Kier alpha value is -1.07.